The minimum absolute atomic E-state index is 0.0163. The summed E-state index contributed by atoms with van der Waals surface area (Å²) in [5, 5.41) is 10.9. The molecule has 0 fully saturated rings. The van der Waals surface area contributed by atoms with Crippen molar-refractivity contribution in [2.75, 3.05) is 6.26 Å². The summed E-state index contributed by atoms with van der Waals surface area (Å²) in [5.41, 5.74) is 0.437. The van der Waals surface area contributed by atoms with Gasteiger partial charge in [-0.15, -0.1) is 0 Å². The van der Waals surface area contributed by atoms with Gasteiger partial charge in [-0.2, -0.15) is 0 Å². The van der Waals surface area contributed by atoms with Crippen LogP contribution < -0.4 is 0 Å². The maximum atomic E-state index is 11.5. The normalized spacial score (nSPS) is 13.4. The first-order valence-electron chi connectivity index (χ1n) is 5.63. The third-order valence-electron chi connectivity index (χ3n) is 2.70. The summed E-state index contributed by atoms with van der Waals surface area (Å²) < 4.78 is 24.4. The van der Waals surface area contributed by atoms with Crippen LogP contribution in [0.3, 0.4) is 0 Å². The molecule has 0 saturated heterocycles. The smallest absolute Gasteiger partial charge is 0.227 e. The Balaban J connectivity index is 2.31. The third kappa shape index (κ3) is 3.32. The maximum Gasteiger partial charge on any atom is 0.227 e. The monoisotopic (exact) mass is 334 g/mol. The van der Waals surface area contributed by atoms with Gasteiger partial charge >= 0.3 is 0 Å². The Labute approximate surface area is 126 Å². The quantitative estimate of drug-likeness (QED) is 0.931. The lowest BCUT2D eigenvalue weighted by Gasteiger charge is -2.15. The van der Waals surface area contributed by atoms with Crippen molar-refractivity contribution < 1.29 is 13.5 Å². The van der Waals surface area contributed by atoms with E-state index in [2.05, 4.69) is 4.98 Å². The van der Waals surface area contributed by atoms with E-state index >= 15 is 0 Å². The maximum absolute atomic E-state index is 11.5. The van der Waals surface area contributed by atoms with Crippen molar-refractivity contribution in [3.8, 4) is 0 Å². The van der Waals surface area contributed by atoms with E-state index < -0.39 is 15.9 Å². The highest BCUT2D eigenvalue weighted by Gasteiger charge is 2.19. The van der Waals surface area contributed by atoms with E-state index in [0.29, 0.717) is 15.6 Å². The average Bonchev–Trinajstić information content (AvgIpc) is 2.80. The van der Waals surface area contributed by atoms with Crippen LogP contribution in [0.25, 0.3) is 0 Å². The molecule has 2 aromatic rings. The third-order valence-corrected chi connectivity index (χ3v) is 4.28. The van der Waals surface area contributed by atoms with Crippen LogP contribution in [0.5, 0.6) is 0 Å². The zero-order valence-electron chi connectivity index (χ0n) is 10.5. The van der Waals surface area contributed by atoms with Gasteiger partial charge in [0.1, 0.15) is 0 Å². The molecule has 108 valence electrons. The van der Waals surface area contributed by atoms with Crippen LogP contribution >= 0.6 is 23.2 Å². The van der Waals surface area contributed by atoms with Gasteiger partial charge in [0.2, 0.25) is 15.0 Å². The molecule has 1 N–H and O–H groups in total. The second kappa shape index (κ2) is 5.73. The van der Waals surface area contributed by atoms with Crippen LogP contribution in [-0.4, -0.2) is 29.3 Å². The van der Waals surface area contributed by atoms with Gasteiger partial charge in [-0.3, -0.25) is 0 Å². The summed E-state index contributed by atoms with van der Waals surface area (Å²) in [6, 6.07) is 4.73. The van der Waals surface area contributed by atoms with E-state index in [4.69, 9.17) is 23.2 Å². The Hall–Kier alpha value is -1.08. The molecule has 0 bridgehead atoms. The zero-order chi connectivity index (χ0) is 14.9. The number of aliphatic hydroxyl groups excluding tert-OH is 1. The van der Waals surface area contributed by atoms with Gasteiger partial charge in [0.25, 0.3) is 0 Å². The van der Waals surface area contributed by atoms with Crippen molar-refractivity contribution >= 4 is 33.0 Å². The van der Waals surface area contributed by atoms with Gasteiger partial charge in [0.05, 0.1) is 12.6 Å². The lowest BCUT2D eigenvalue weighted by Crippen LogP contribution is -2.14. The minimum atomic E-state index is -3.45. The van der Waals surface area contributed by atoms with Crippen molar-refractivity contribution in [1.29, 1.82) is 0 Å². The molecule has 0 unspecified atom stereocenters. The van der Waals surface area contributed by atoms with Crippen molar-refractivity contribution in [3.05, 3.63) is 46.2 Å². The molecule has 20 heavy (non-hydrogen) atoms. The number of halogens is 2. The van der Waals surface area contributed by atoms with Crippen LogP contribution in [0.4, 0.5) is 0 Å². The number of nitrogens with zero attached hydrogens (tertiary/aromatic N) is 2. The molecule has 5 nitrogen and oxygen atoms in total. The first kappa shape index (κ1) is 15.3. The molecule has 1 aromatic carbocycles. The first-order chi connectivity index (χ1) is 9.29. The molecular formula is C12H12Cl2N2O3S. The molecule has 0 amide bonds. The molecule has 8 heteroatoms. The predicted molar refractivity (Wildman–Crippen MR) is 76.8 cm³/mol. The Morgan fingerprint density at radius 2 is 2.10 bits per heavy atom. The molecule has 1 heterocycles. The number of aromatic nitrogens is 2. The molecule has 0 aliphatic heterocycles. The summed E-state index contributed by atoms with van der Waals surface area (Å²) in [4.78, 5) is 3.78. The largest absolute Gasteiger partial charge is 0.386 e. The molecule has 0 saturated carbocycles. The highest BCUT2D eigenvalue weighted by molar-refractivity contribution is 7.90. The van der Waals surface area contributed by atoms with Gasteiger partial charge in [0.15, 0.2) is 0 Å². The van der Waals surface area contributed by atoms with Crippen LogP contribution in [0.15, 0.2) is 35.7 Å². The summed E-state index contributed by atoms with van der Waals surface area (Å²) >= 11 is 11.9. The number of aliphatic hydroxyl groups is 1. The number of sulfone groups is 1. The summed E-state index contributed by atoms with van der Waals surface area (Å²) in [5.74, 6) is 0. The van der Waals surface area contributed by atoms with E-state index in [1.54, 1.807) is 18.2 Å². The molecular weight excluding hydrogens is 323 g/mol. The van der Waals surface area contributed by atoms with Crippen LogP contribution in [0, 0.1) is 0 Å². The van der Waals surface area contributed by atoms with Crippen LogP contribution in [-0.2, 0) is 16.4 Å². The SMILES string of the molecule is CS(=O)(=O)c1nccn1C[C@H](O)c1cc(Cl)ccc1Cl. The molecule has 2 rings (SSSR count). The summed E-state index contributed by atoms with van der Waals surface area (Å²) in [7, 11) is -3.45. The lowest BCUT2D eigenvalue weighted by atomic mass is 10.1. The standard InChI is InChI=1S/C12H12Cl2N2O3S/c1-20(18,19)12-15-4-5-16(12)7-11(17)9-6-8(13)2-3-10(9)14/h2-6,11,17H,7H2,1H3/t11-/m0/s1. The topological polar surface area (TPSA) is 72.2 Å². The number of benzene rings is 1. The fourth-order valence-corrected chi connectivity index (χ4v) is 3.06. The van der Waals surface area contributed by atoms with E-state index in [-0.39, 0.29) is 11.7 Å². The van der Waals surface area contributed by atoms with Crippen LogP contribution in [0.2, 0.25) is 10.0 Å². The van der Waals surface area contributed by atoms with Gasteiger partial charge in [-0.1, -0.05) is 23.2 Å². The van der Waals surface area contributed by atoms with Crippen LogP contribution in [0.1, 0.15) is 11.7 Å². The molecule has 0 spiro atoms. The fraction of sp³-hybridized carbons (Fsp3) is 0.250. The number of rotatable bonds is 4. The van der Waals surface area contributed by atoms with Crippen molar-refractivity contribution in [2.24, 2.45) is 0 Å². The van der Waals surface area contributed by atoms with Crippen molar-refractivity contribution in [3.63, 3.8) is 0 Å². The highest BCUT2D eigenvalue weighted by atomic mass is 35.5. The Morgan fingerprint density at radius 3 is 2.75 bits per heavy atom. The molecule has 0 aliphatic carbocycles. The molecule has 0 aliphatic rings. The van der Waals surface area contributed by atoms with Gasteiger partial charge in [-0.25, -0.2) is 13.4 Å². The highest BCUT2D eigenvalue weighted by Crippen LogP contribution is 2.27. The Kier molecular flexibility index (Phi) is 4.39. The fourth-order valence-electron chi connectivity index (χ4n) is 1.82. The number of imidazole rings is 1. The van der Waals surface area contributed by atoms with E-state index in [9.17, 15) is 13.5 Å². The molecule has 1 atom stereocenters. The first-order valence-corrected chi connectivity index (χ1v) is 8.28. The average molecular weight is 335 g/mol. The van der Waals surface area contributed by atoms with Crippen molar-refractivity contribution in [1.82, 2.24) is 9.55 Å². The lowest BCUT2D eigenvalue weighted by molar-refractivity contribution is 0.153. The predicted octanol–water partition coefficient (Wildman–Crippen LogP) is 2.33. The Bertz CT molecular complexity index is 728. The minimum Gasteiger partial charge on any atom is -0.386 e. The molecule has 1 aromatic heterocycles. The summed E-state index contributed by atoms with van der Waals surface area (Å²) in [6.45, 7) is 0.0163. The van der Waals surface area contributed by atoms with Gasteiger partial charge in [0, 0.05) is 34.3 Å². The number of hydrogen-bond donors (Lipinski definition) is 1. The zero-order valence-corrected chi connectivity index (χ0v) is 12.8. The van der Waals surface area contributed by atoms with E-state index in [1.807, 2.05) is 0 Å². The molecule has 0 radical (unpaired) electrons. The van der Waals surface area contributed by atoms with Crippen molar-refractivity contribution in [2.45, 2.75) is 17.8 Å². The van der Waals surface area contributed by atoms with Gasteiger partial charge in [-0.05, 0) is 18.2 Å². The van der Waals surface area contributed by atoms with E-state index in [1.165, 1.54) is 17.0 Å². The summed E-state index contributed by atoms with van der Waals surface area (Å²) in [6.07, 6.45) is 2.92. The second-order valence-corrected chi connectivity index (χ2v) is 7.07. The second-order valence-electron chi connectivity index (χ2n) is 4.32. The van der Waals surface area contributed by atoms with Gasteiger partial charge < -0.3 is 9.67 Å². The van der Waals surface area contributed by atoms with E-state index in [0.717, 1.165) is 6.26 Å². The Morgan fingerprint density at radius 1 is 1.40 bits per heavy atom. The number of hydrogen-bond acceptors (Lipinski definition) is 4.